The van der Waals surface area contributed by atoms with Crippen LogP contribution in [-0.4, -0.2) is 54.1 Å². The normalized spacial score (nSPS) is 38.4. The second-order valence-electron chi connectivity index (χ2n) is 5.89. The molecule has 0 spiro atoms. The molecule has 0 aromatic heterocycles. The van der Waals surface area contributed by atoms with Gasteiger partial charge < -0.3 is 10.6 Å². The summed E-state index contributed by atoms with van der Waals surface area (Å²) in [5.74, 6) is 0. The topological polar surface area (TPSA) is 32.5 Å². The van der Waals surface area contributed by atoms with Crippen molar-refractivity contribution in [1.82, 2.24) is 9.80 Å². The Bertz CT molecular complexity index is 227. The number of likely N-dealkylation sites (tertiary alicyclic amines) is 2. The fraction of sp³-hybridized carbons (Fsp3) is 1.00. The summed E-state index contributed by atoms with van der Waals surface area (Å²) in [5.41, 5.74) is 6.66. The Labute approximate surface area is 93.6 Å². The van der Waals surface area contributed by atoms with Crippen LogP contribution >= 0.6 is 0 Å². The quantitative estimate of drug-likeness (QED) is 0.699. The number of rotatable bonds is 1. The molecule has 0 saturated carbocycles. The third kappa shape index (κ3) is 2.19. The Morgan fingerprint density at radius 2 is 2.00 bits per heavy atom. The van der Waals surface area contributed by atoms with E-state index in [4.69, 9.17) is 5.73 Å². The van der Waals surface area contributed by atoms with Gasteiger partial charge in [-0.3, -0.25) is 4.90 Å². The highest BCUT2D eigenvalue weighted by Crippen LogP contribution is 2.32. The third-order valence-corrected chi connectivity index (χ3v) is 4.19. The van der Waals surface area contributed by atoms with Crippen molar-refractivity contribution in [1.29, 1.82) is 0 Å². The van der Waals surface area contributed by atoms with E-state index in [1.807, 2.05) is 0 Å². The smallest absolute Gasteiger partial charge is 0.0326 e. The maximum Gasteiger partial charge on any atom is 0.0326 e. The van der Waals surface area contributed by atoms with Crippen LogP contribution in [0.3, 0.4) is 0 Å². The average molecular weight is 211 g/mol. The van der Waals surface area contributed by atoms with Gasteiger partial charge in [-0.2, -0.15) is 0 Å². The lowest BCUT2D eigenvalue weighted by Gasteiger charge is -2.45. The van der Waals surface area contributed by atoms with E-state index in [-0.39, 0.29) is 0 Å². The molecule has 0 aromatic carbocycles. The van der Waals surface area contributed by atoms with Gasteiger partial charge in [0.1, 0.15) is 0 Å². The first-order valence-electron chi connectivity index (χ1n) is 6.21. The molecule has 0 radical (unpaired) electrons. The fourth-order valence-corrected chi connectivity index (χ4v) is 3.27. The molecule has 0 aromatic rings. The van der Waals surface area contributed by atoms with Crippen molar-refractivity contribution in [2.45, 2.75) is 50.7 Å². The van der Waals surface area contributed by atoms with Crippen molar-refractivity contribution in [3.05, 3.63) is 0 Å². The first-order valence-corrected chi connectivity index (χ1v) is 6.21. The monoisotopic (exact) mass is 211 g/mol. The molecule has 2 atom stereocenters. The Balaban J connectivity index is 2.04. The van der Waals surface area contributed by atoms with Crippen LogP contribution in [0.15, 0.2) is 0 Å². The molecule has 3 heteroatoms. The zero-order valence-electron chi connectivity index (χ0n) is 10.4. The minimum absolute atomic E-state index is 0.334. The number of hydrogen-bond donors (Lipinski definition) is 1. The van der Waals surface area contributed by atoms with Crippen LogP contribution in [0.5, 0.6) is 0 Å². The highest BCUT2D eigenvalue weighted by atomic mass is 15.3. The second kappa shape index (κ2) is 4.04. The molecular weight excluding hydrogens is 186 g/mol. The van der Waals surface area contributed by atoms with Gasteiger partial charge in [-0.1, -0.05) is 0 Å². The van der Waals surface area contributed by atoms with Crippen LogP contribution in [0.25, 0.3) is 0 Å². The molecule has 0 amide bonds. The van der Waals surface area contributed by atoms with Crippen molar-refractivity contribution < 1.29 is 0 Å². The van der Waals surface area contributed by atoms with Crippen LogP contribution in [0, 0.1) is 0 Å². The first-order chi connectivity index (χ1) is 7.00. The molecule has 2 unspecified atom stereocenters. The highest BCUT2D eigenvalue weighted by Gasteiger charge is 2.40. The lowest BCUT2D eigenvalue weighted by atomic mass is 9.93. The maximum absolute atomic E-state index is 6.29. The van der Waals surface area contributed by atoms with E-state index in [1.165, 1.54) is 32.4 Å². The second-order valence-corrected chi connectivity index (χ2v) is 5.89. The van der Waals surface area contributed by atoms with Gasteiger partial charge in [0.15, 0.2) is 0 Å². The molecule has 2 rings (SSSR count). The van der Waals surface area contributed by atoms with E-state index in [0.717, 1.165) is 6.54 Å². The summed E-state index contributed by atoms with van der Waals surface area (Å²) in [6.07, 6.45) is 3.90. The predicted molar refractivity (Wildman–Crippen MR) is 63.9 cm³/mol. The summed E-state index contributed by atoms with van der Waals surface area (Å²) < 4.78 is 0. The van der Waals surface area contributed by atoms with Crippen LogP contribution in [-0.2, 0) is 0 Å². The van der Waals surface area contributed by atoms with Gasteiger partial charge >= 0.3 is 0 Å². The summed E-state index contributed by atoms with van der Waals surface area (Å²) in [4.78, 5) is 5.01. The number of likely N-dealkylation sites (N-methyl/N-ethyl adjacent to an activating group) is 1. The van der Waals surface area contributed by atoms with E-state index < -0.39 is 0 Å². The molecule has 2 saturated heterocycles. The number of piperidine rings is 1. The van der Waals surface area contributed by atoms with Crippen molar-refractivity contribution in [2.75, 3.05) is 26.7 Å². The first kappa shape index (κ1) is 11.4. The average Bonchev–Trinajstić information content (AvgIpc) is 2.46. The predicted octanol–water partition coefficient (Wildman–Crippen LogP) is 0.892. The van der Waals surface area contributed by atoms with Crippen molar-refractivity contribution in [3.63, 3.8) is 0 Å². The van der Waals surface area contributed by atoms with Crippen LogP contribution in [0.4, 0.5) is 0 Å². The summed E-state index contributed by atoms with van der Waals surface area (Å²) in [6, 6.07) is 0.944. The molecule has 2 heterocycles. The van der Waals surface area contributed by atoms with Gasteiger partial charge in [-0.05, 0) is 53.2 Å². The maximum atomic E-state index is 6.29. The van der Waals surface area contributed by atoms with Gasteiger partial charge in [0, 0.05) is 24.2 Å². The van der Waals surface area contributed by atoms with Crippen LogP contribution < -0.4 is 5.73 Å². The molecule has 0 aliphatic carbocycles. The fourth-order valence-electron chi connectivity index (χ4n) is 3.27. The molecule has 88 valence electrons. The largest absolute Gasteiger partial charge is 0.325 e. The van der Waals surface area contributed by atoms with Crippen molar-refractivity contribution >= 4 is 0 Å². The molecule has 2 N–H and O–H groups in total. The van der Waals surface area contributed by atoms with Gasteiger partial charge in [-0.15, -0.1) is 0 Å². The molecule has 2 aliphatic rings. The Morgan fingerprint density at radius 3 is 2.53 bits per heavy atom. The van der Waals surface area contributed by atoms with E-state index in [0.29, 0.717) is 17.6 Å². The van der Waals surface area contributed by atoms with E-state index in [9.17, 15) is 0 Å². The number of nitrogens with zero attached hydrogens (tertiary/aromatic N) is 2. The van der Waals surface area contributed by atoms with Crippen LogP contribution in [0.1, 0.15) is 33.1 Å². The minimum Gasteiger partial charge on any atom is -0.325 e. The Morgan fingerprint density at radius 1 is 1.27 bits per heavy atom. The summed E-state index contributed by atoms with van der Waals surface area (Å²) in [5, 5.41) is 0. The lowest BCUT2D eigenvalue weighted by Crippen LogP contribution is -2.60. The van der Waals surface area contributed by atoms with Crippen LogP contribution in [0.2, 0.25) is 0 Å². The van der Waals surface area contributed by atoms with Crippen molar-refractivity contribution in [3.8, 4) is 0 Å². The highest BCUT2D eigenvalue weighted by molar-refractivity contribution is 4.98. The molecule has 15 heavy (non-hydrogen) atoms. The van der Waals surface area contributed by atoms with Crippen molar-refractivity contribution in [2.24, 2.45) is 5.73 Å². The summed E-state index contributed by atoms with van der Waals surface area (Å²) in [6.45, 7) is 8.23. The molecule has 3 nitrogen and oxygen atoms in total. The number of hydrogen-bond acceptors (Lipinski definition) is 3. The SMILES string of the molecule is CN1CCC(N2CCCC2(C)C)C(N)C1. The summed E-state index contributed by atoms with van der Waals surface area (Å²) >= 11 is 0. The Hall–Kier alpha value is -0.120. The third-order valence-electron chi connectivity index (χ3n) is 4.19. The van der Waals surface area contributed by atoms with Gasteiger partial charge in [0.05, 0.1) is 0 Å². The standard InChI is InChI=1S/C12H25N3/c1-12(2)6-4-7-15(12)11-5-8-14(3)9-10(11)13/h10-11H,4-9,13H2,1-3H3. The van der Waals surface area contributed by atoms with Gasteiger partial charge in [-0.25, -0.2) is 0 Å². The Kier molecular flexibility index (Phi) is 3.06. The van der Waals surface area contributed by atoms with E-state index in [1.54, 1.807) is 0 Å². The molecule has 0 bridgehead atoms. The minimum atomic E-state index is 0.334. The van der Waals surface area contributed by atoms with E-state index in [2.05, 4.69) is 30.7 Å². The summed E-state index contributed by atoms with van der Waals surface area (Å²) in [7, 11) is 2.17. The zero-order valence-corrected chi connectivity index (χ0v) is 10.4. The van der Waals surface area contributed by atoms with Gasteiger partial charge in [0.25, 0.3) is 0 Å². The molecule has 2 fully saturated rings. The lowest BCUT2D eigenvalue weighted by molar-refractivity contribution is 0.0555. The van der Waals surface area contributed by atoms with Gasteiger partial charge in [0.2, 0.25) is 0 Å². The molecule has 2 aliphatic heterocycles. The van der Waals surface area contributed by atoms with E-state index >= 15 is 0 Å². The number of nitrogens with two attached hydrogens (primary N) is 1. The zero-order chi connectivity index (χ0) is 11.1. The molecular formula is C12H25N3.